The van der Waals surface area contributed by atoms with Gasteiger partial charge in [-0.15, -0.1) is 0 Å². The molecule has 0 radical (unpaired) electrons. The van der Waals surface area contributed by atoms with Crippen molar-refractivity contribution in [1.29, 1.82) is 0 Å². The minimum atomic E-state index is -0.651. The Morgan fingerprint density at radius 2 is 1.89 bits per heavy atom. The van der Waals surface area contributed by atoms with Crippen LogP contribution in [0.25, 0.3) is 0 Å². The van der Waals surface area contributed by atoms with Gasteiger partial charge in [-0.25, -0.2) is 0 Å². The van der Waals surface area contributed by atoms with E-state index >= 15 is 0 Å². The first kappa shape index (κ1) is 14.1. The van der Waals surface area contributed by atoms with Crippen molar-refractivity contribution >= 4 is 5.91 Å². The lowest BCUT2D eigenvalue weighted by molar-refractivity contribution is -0.0860. The Hall–Kier alpha value is -1.35. The zero-order valence-electron chi connectivity index (χ0n) is 12.0. The SMILES string of the molecule is CCCC1(O)CN(C(=O)c2ccc(C(C)C)cc2)C1. The molecule has 0 saturated carbocycles. The number of carbonyl (C=O) groups is 1. The van der Waals surface area contributed by atoms with Crippen LogP contribution in [-0.2, 0) is 0 Å². The van der Waals surface area contributed by atoms with Crippen molar-refractivity contribution in [2.45, 2.75) is 45.1 Å². The molecule has 1 aromatic carbocycles. The molecular weight excluding hydrogens is 238 g/mol. The molecule has 0 aliphatic carbocycles. The van der Waals surface area contributed by atoms with Gasteiger partial charge in [0, 0.05) is 5.56 Å². The summed E-state index contributed by atoms with van der Waals surface area (Å²) >= 11 is 0. The van der Waals surface area contributed by atoms with E-state index in [2.05, 4.69) is 13.8 Å². The smallest absolute Gasteiger partial charge is 0.254 e. The minimum Gasteiger partial charge on any atom is -0.386 e. The first-order valence-electron chi connectivity index (χ1n) is 7.07. The van der Waals surface area contributed by atoms with Crippen LogP contribution in [-0.4, -0.2) is 34.6 Å². The van der Waals surface area contributed by atoms with Crippen LogP contribution in [0, 0.1) is 0 Å². The predicted molar refractivity (Wildman–Crippen MR) is 76.3 cm³/mol. The van der Waals surface area contributed by atoms with E-state index in [0.29, 0.717) is 24.6 Å². The normalized spacial score (nSPS) is 17.4. The van der Waals surface area contributed by atoms with Gasteiger partial charge >= 0.3 is 0 Å². The second-order valence-electron chi connectivity index (χ2n) is 5.91. The van der Waals surface area contributed by atoms with Crippen LogP contribution < -0.4 is 0 Å². The summed E-state index contributed by atoms with van der Waals surface area (Å²) in [5, 5.41) is 10.1. The van der Waals surface area contributed by atoms with E-state index in [1.165, 1.54) is 5.56 Å². The third-order valence-corrected chi connectivity index (χ3v) is 3.80. The summed E-state index contributed by atoms with van der Waals surface area (Å²) in [4.78, 5) is 13.9. The zero-order chi connectivity index (χ0) is 14.0. The van der Waals surface area contributed by atoms with Crippen LogP contribution in [0.2, 0.25) is 0 Å². The van der Waals surface area contributed by atoms with E-state index in [1.807, 2.05) is 31.2 Å². The lowest BCUT2D eigenvalue weighted by Gasteiger charge is -2.46. The van der Waals surface area contributed by atoms with Crippen LogP contribution in [0.5, 0.6) is 0 Å². The number of hydrogen-bond donors (Lipinski definition) is 1. The number of likely N-dealkylation sites (tertiary alicyclic amines) is 1. The van der Waals surface area contributed by atoms with Gasteiger partial charge in [-0.2, -0.15) is 0 Å². The molecule has 0 aromatic heterocycles. The molecule has 2 rings (SSSR count). The number of hydrogen-bond acceptors (Lipinski definition) is 2. The highest BCUT2D eigenvalue weighted by Gasteiger charge is 2.42. The molecular formula is C16H23NO2. The monoisotopic (exact) mass is 261 g/mol. The molecule has 1 fully saturated rings. The van der Waals surface area contributed by atoms with Gasteiger partial charge in [0.15, 0.2) is 0 Å². The number of amides is 1. The fourth-order valence-electron chi connectivity index (χ4n) is 2.62. The Balaban J connectivity index is 1.98. The second kappa shape index (κ2) is 5.33. The fraction of sp³-hybridized carbons (Fsp3) is 0.562. The molecule has 1 saturated heterocycles. The van der Waals surface area contributed by atoms with Gasteiger partial charge in [0.1, 0.15) is 0 Å². The lowest BCUT2D eigenvalue weighted by atomic mass is 9.88. The van der Waals surface area contributed by atoms with Crippen molar-refractivity contribution in [2.75, 3.05) is 13.1 Å². The molecule has 1 aliphatic heterocycles. The molecule has 0 bridgehead atoms. The minimum absolute atomic E-state index is 0.0242. The van der Waals surface area contributed by atoms with Gasteiger partial charge < -0.3 is 10.0 Å². The molecule has 1 heterocycles. The maximum absolute atomic E-state index is 12.2. The first-order chi connectivity index (χ1) is 8.95. The van der Waals surface area contributed by atoms with E-state index in [9.17, 15) is 9.90 Å². The molecule has 1 aromatic rings. The van der Waals surface area contributed by atoms with E-state index in [-0.39, 0.29) is 5.91 Å². The highest BCUT2D eigenvalue weighted by molar-refractivity contribution is 5.95. The molecule has 1 N–H and O–H groups in total. The van der Waals surface area contributed by atoms with Crippen molar-refractivity contribution in [2.24, 2.45) is 0 Å². The summed E-state index contributed by atoms with van der Waals surface area (Å²) in [6.45, 7) is 7.25. The highest BCUT2D eigenvalue weighted by Crippen LogP contribution is 2.27. The van der Waals surface area contributed by atoms with Gasteiger partial charge in [-0.05, 0) is 30.0 Å². The Labute approximate surface area is 115 Å². The maximum atomic E-state index is 12.2. The van der Waals surface area contributed by atoms with Crippen molar-refractivity contribution in [1.82, 2.24) is 4.90 Å². The van der Waals surface area contributed by atoms with Crippen LogP contribution in [0.15, 0.2) is 24.3 Å². The molecule has 104 valence electrons. The number of carbonyl (C=O) groups excluding carboxylic acids is 1. The van der Waals surface area contributed by atoms with Crippen molar-refractivity contribution in [3.05, 3.63) is 35.4 Å². The van der Waals surface area contributed by atoms with E-state index in [1.54, 1.807) is 4.90 Å². The molecule has 0 atom stereocenters. The molecule has 3 heteroatoms. The van der Waals surface area contributed by atoms with Crippen molar-refractivity contribution in [3.8, 4) is 0 Å². The van der Waals surface area contributed by atoms with Crippen LogP contribution in [0.4, 0.5) is 0 Å². The quantitative estimate of drug-likeness (QED) is 0.905. The second-order valence-corrected chi connectivity index (χ2v) is 5.91. The summed E-state index contributed by atoms with van der Waals surface area (Å²) in [6, 6.07) is 7.79. The van der Waals surface area contributed by atoms with Crippen LogP contribution in [0.1, 0.15) is 55.5 Å². The van der Waals surface area contributed by atoms with E-state index in [4.69, 9.17) is 0 Å². The largest absolute Gasteiger partial charge is 0.386 e. The standard InChI is InChI=1S/C16H23NO2/c1-4-9-16(19)10-17(11-16)15(18)14-7-5-13(6-8-14)12(2)3/h5-8,12,19H,4,9-11H2,1-3H3. The Kier molecular flexibility index (Phi) is 3.95. The lowest BCUT2D eigenvalue weighted by Crippen LogP contribution is -2.63. The molecule has 1 aliphatic rings. The van der Waals surface area contributed by atoms with Crippen molar-refractivity contribution in [3.63, 3.8) is 0 Å². The molecule has 1 amide bonds. The number of β-amino-alcohol motifs (C(OH)–C–C–N with tert-alkyl or cyclic N) is 1. The third kappa shape index (κ3) is 2.98. The van der Waals surface area contributed by atoms with E-state index < -0.39 is 5.60 Å². The fourth-order valence-corrected chi connectivity index (χ4v) is 2.62. The van der Waals surface area contributed by atoms with Crippen LogP contribution in [0.3, 0.4) is 0 Å². The number of nitrogens with zero attached hydrogens (tertiary/aromatic N) is 1. The van der Waals surface area contributed by atoms with E-state index in [0.717, 1.165) is 12.8 Å². The first-order valence-corrected chi connectivity index (χ1v) is 7.07. The van der Waals surface area contributed by atoms with Gasteiger partial charge in [-0.3, -0.25) is 4.79 Å². The van der Waals surface area contributed by atoms with Crippen LogP contribution >= 0.6 is 0 Å². The van der Waals surface area contributed by atoms with Gasteiger partial charge in [0.25, 0.3) is 5.91 Å². The summed E-state index contributed by atoms with van der Waals surface area (Å²) in [7, 11) is 0. The average Bonchev–Trinajstić information content (AvgIpc) is 2.35. The molecule has 3 nitrogen and oxygen atoms in total. The summed E-state index contributed by atoms with van der Waals surface area (Å²) in [5.41, 5.74) is 1.30. The summed E-state index contributed by atoms with van der Waals surface area (Å²) in [6.07, 6.45) is 1.71. The zero-order valence-corrected chi connectivity index (χ0v) is 12.0. The summed E-state index contributed by atoms with van der Waals surface area (Å²) in [5.74, 6) is 0.499. The summed E-state index contributed by atoms with van der Waals surface area (Å²) < 4.78 is 0. The molecule has 0 unspecified atom stereocenters. The third-order valence-electron chi connectivity index (χ3n) is 3.80. The number of aliphatic hydroxyl groups is 1. The van der Waals surface area contributed by atoms with Gasteiger partial charge in [-0.1, -0.05) is 39.3 Å². The molecule has 0 spiro atoms. The Morgan fingerprint density at radius 3 is 2.37 bits per heavy atom. The topological polar surface area (TPSA) is 40.5 Å². The van der Waals surface area contributed by atoms with Gasteiger partial charge in [0.2, 0.25) is 0 Å². The highest BCUT2D eigenvalue weighted by atomic mass is 16.3. The molecule has 19 heavy (non-hydrogen) atoms. The van der Waals surface area contributed by atoms with Gasteiger partial charge in [0.05, 0.1) is 18.7 Å². The number of rotatable bonds is 4. The predicted octanol–water partition coefficient (Wildman–Crippen LogP) is 2.80. The Bertz CT molecular complexity index is 444. The van der Waals surface area contributed by atoms with Crippen molar-refractivity contribution < 1.29 is 9.90 Å². The average molecular weight is 261 g/mol. The Morgan fingerprint density at radius 1 is 1.32 bits per heavy atom. The number of benzene rings is 1. The maximum Gasteiger partial charge on any atom is 0.254 e.